The molecular weight excluding hydrogens is 827 g/mol. The van der Waals surface area contributed by atoms with Crippen LogP contribution in [-0.2, 0) is 5.41 Å². The highest BCUT2D eigenvalue weighted by molar-refractivity contribution is 6.19. The van der Waals surface area contributed by atoms with E-state index in [1.54, 1.807) is 0 Å². The predicted octanol–water partition coefficient (Wildman–Crippen LogP) is 17.7. The largest absolute Gasteiger partial charge is 0.457 e. The molecule has 2 aliphatic rings. The fraction of sp³-hybridized carbons (Fsp3) is 0.0154. The Balaban J connectivity index is 0.903. The highest BCUT2D eigenvalue weighted by Crippen LogP contribution is 2.62. The van der Waals surface area contributed by atoms with Crippen molar-refractivity contribution in [2.75, 3.05) is 4.90 Å². The molecule has 1 aliphatic heterocycles. The summed E-state index contributed by atoms with van der Waals surface area (Å²) in [4.78, 5) is 2.37. The van der Waals surface area contributed by atoms with E-state index in [4.69, 9.17) is 9.15 Å². The standard InChI is InChI=1S/C65H41NO2/c1-2-15-43(16-3-1)49-18-6-7-19-50(49)45-31-37-48(38-32-45)66(59-26-14-28-61-63(59)54-39-33-44-17-4-5-20-51(44)64(54)68-61)47-35-29-42(30-36-47)46-34-40-58-62(41-46)67-60-27-13-12-25-57(60)65(58)55-23-10-8-21-52(55)53-22-9-11-24-56(53)65/h1-41H. The smallest absolute Gasteiger partial charge is 0.143 e. The van der Waals surface area contributed by atoms with E-state index in [2.05, 4.69) is 254 Å². The molecule has 0 radical (unpaired) electrons. The van der Waals surface area contributed by atoms with Gasteiger partial charge in [-0.25, -0.2) is 0 Å². The van der Waals surface area contributed by atoms with Crippen LogP contribution >= 0.6 is 0 Å². The zero-order chi connectivity index (χ0) is 44.8. The molecule has 1 aromatic heterocycles. The molecule has 0 amide bonds. The van der Waals surface area contributed by atoms with Gasteiger partial charge in [0.2, 0.25) is 0 Å². The fourth-order valence-corrected chi connectivity index (χ4v) is 11.4. The summed E-state index contributed by atoms with van der Waals surface area (Å²) in [5.74, 6) is 1.76. The lowest BCUT2D eigenvalue weighted by Gasteiger charge is -2.39. The summed E-state index contributed by atoms with van der Waals surface area (Å²) in [6.45, 7) is 0. The minimum atomic E-state index is -0.496. The summed E-state index contributed by atoms with van der Waals surface area (Å²) >= 11 is 0. The molecule has 0 unspecified atom stereocenters. The van der Waals surface area contributed by atoms with Gasteiger partial charge in [0.05, 0.1) is 16.5 Å². The van der Waals surface area contributed by atoms with Crippen LogP contribution in [0.25, 0.3) is 77.2 Å². The first kappa shape index (κ1) is 38.4. The van der Waals surface area contributed by atoms with Gasteiger partial charge in [0.15, 0.2) is 0 Å². The highest BCUT2D eigenvalue weighted by atomic mass is 16.5. The number of furan rings is 1. The Hall–Kier alpha value is -8.92. The minimum Gasteiger partial charge on any atom is -0.457 e. The van der Waals surface area contributed by atoms with Crippen LogP contribution in [0.3, 0.4) is 0 Å². The van der Waals surface area contributed by atoms with Crippen LogP contribution in [0.5, 0.6) is 11.5 Å². The third-order valence-electron chi connectivity index (χ3n) is 14.4. The Bertz CT molecular complexity index is 3890. The molecule has 0 fully saturated rings. The number of anilines is 3. The molecule has 0 saturated heterocycles. The number of benzene rings is 11. The maximum absolute atomic E-state index is 6.89. The second-order valence-corrected chi connectivity index (χ2v) is 17.9. The number of ether oxygens (including phenoxy) is 1. The van der Waals surface area contributed by atoms with Crippen molar-refractivity contribution in [2.45, 2.75) is 5.41 Å². The van der Waals surface area contributed by atoms with Crippen molar-refractivity contribution in [3.63, 3.8) is 0 Å². The van der Waals surface area contributed by atoms with Crippen molar-refractivity contribution >= 4 is 49.8 Å². The Kier molecular flexibility index (Phi) is 8.50. The molecule has 0 saturated carbocycles. The zero-order valence-corrected chi connectivity index (χ0v) is 36.9. The van der Waals surface area contributed by atoms with Gasteiger partial charge < -0.3 is 14.1 Å². The SMILES string of the molecule is c1ccc(-c2ccccc2-c2ccc(N(c3ccc(-c4ccc5c(c4)Oc4ccccc4C54c5ccccc5-c5ccccc54)cc3)c3cccc4oc5c6ccccc6ccc5c34)cc2)cc1. The lowest BCUT2D eigenvalue weighted by molar-refractivity contribution is 0.436. The Morgan fingerprint density at radius 3 is 1.62 bits per heavy atom. The molecule has 12 aromatic rings. The van der Waals surface area contributed by atoms with Crippen molar-refractivity contribution in [3.05, 3.63) is 271 Å². The summed E-state index contributed by atoms with van der Waals surface area (Å²) in [6, 6.07) is 89.6. The maximum Gasteiger partial charge on any atom is 0.143 e. The molecule has 11 aromatic carbocycles. The van der Waals surface area contributed by atoms with Crippen LogP contribution in [-0.4, -0.2) is 0 Å². The third kappa shape index (κ3) is 5.66. The zero-order valence-electron chi connectivity index (χ0n) is 36.9. The summed E-state index contributed by atoms with van der Waals surface area (Å²) in [7, 11) is 0. The van der Waals surface area contributed by atoms with E-state index in [-0.39, 0.29) is 0 Å². The quantitative estimate of drug-likeness (QED) is 0.166. The summed E-state index contributed by atoms with van der Waals surface area (Å²) in [5, 5.41) is 4.43. The van der Waals surface area contributed by atoms with E-state index < -0.39 is 5.41 Å². The number of nitrogens with zero attached hydrogens (tertiary/aromatic N) is 1. The number of rotatable bonds is 6. The van der Waals surface area contributed by atoms with Crippen LogP contribution < -0.4 is 9.64 Å². The predicted molar refractivity (Wildman–Crippen MR) is 280 cm³/mol. The van der Waals surface area contributed by atoms with E-state index >= 15 is 0 Å². The normalized spacial score (nSPS) is 12.9. The molecule has 318 valence electrons. The summed E-state index contributed by atoms with van der Waals surface area (Å²) < 4.78 is 13.6. The number of hydrogen-bond acceptors (Lipinski definition) is 3. The third-order valence-corrected chi connectivity index (χ3v) is 14.4. The molecule has 68 heavy (non-hydrogen) atoms. The summed E-state index contributed by atoms with van der Waals surface area (Å²) in [5.41, 5.74) is 18.8. The molecule has 1 spiro atoms. The fourth-order valence-electron chi connectivity index (χ4n) is 11.4. The van der Waals surface area contributed by atoms with Crippen molar-refractivity contribution in [3.8, 4) is 56.0 Å². The first-order chi connectivity index (χ1) is 33.7. The average Bonchev–Trinajstić information content (AvgIpc) is 3.94. The Labute approximate surface area is 394 Å². The first-order valence-corrected chi connectivity index (χ1v) is 23.3. The van der Waals surface area contributed by atoms with Crippen molar-refractivity contribution in [2.24, 2.45) is 0 Å². The van der Waals surface area contributed by atoms with Crippen LogP contribution in [0.4, 0.5) is 17.1 Å². The van der Waals surface area contributed by atoms with Gasteiger partial charge >= 0.3 is 0 Å². The molecule has 0 atom stereocenters. The van der Waals surface area contributed by atoms with Gasteiger partial charge in [0.25, 0.3) is 0 Å². The van der Waals surface area contributed by atoms with Gasteiger partial charge in [0.1, 0.15) is 22.7 Å². The average molecular weight is 868 g/mol. The maximum atomic E-state index is 6.89. The summed E-state index contributed by atoms with van der Waals surface area (Å²) in [6.07, 6.45) is 0. The van der Waals surface area contributed by atoms with Gasteiger partial charge in [0, 0.05) is 33.3 Å². The van der Waals surface area contributed by atoms with Gasteiger partial charge in [-0.3, -0.25) is 0 Å². The molecule has 3 heteroatoms. The molecule has 3 nitrogen and oxygen atoms in total. The molecule has 0 bridgehead atoms. The van der Waals surface area contributed by atoms with Crippen LogP contribution in [0.1, 0.15) is 22.3 Å². The minimum absolute atomic E-state index is 0.496. The first-order valence-electron chi connectivity index (χ1n) is 23.3. The highest BCUT2D eigenvalue weighted by Gasteiger charge is 2.50. The Morgan fingerprint density at radius 2 is 0.897 bits per heavy atom. The molecule has 14 rings (SSSR count). The van der Waals surface area contributed by atoms with E-state index in [1.165, 1.54) is 44.5 Å². The van der Waals surface area contributed by atoms with Gasteiger partial charge in [-0.1, -0.05) is 194 Å². The van der Waals surface area contributed by atoms with E-state index in [0.29, 0.717) is 0 Å². The van der Waals surface area contributed by atoms with Crippen molar-refractivity contribution in [1.29, 1.82) is 0 Å². The van der Waals surface area contributed by atoms with E-state index in [9.17, 15) is 0 Å². The van der Waals surface area contributed by atoms with Crippen molar-refractivity contribution < 1.29 is 9.15 Å². The topological polar surface area (TPSA) is 25.6 Å². The monoisotopic (exact) mass is 867 g/mol. The molecule has 2 heterocycles. The van der Waals surface area contributed by atoms with Gasteiger partial charge in [-0.2, -0.15) is 0 Å². The van der Waals surface area contributed by atoms with E-state index in [0.717, 1.165) is 83.5 Å². The lowest BCUT2D eigenvalue weighted by atomic mass is 9.66. The molecule has 0 N–H and O–H groups in total. The van der Waals surface area contributed by atoms with Crippen LogP contribution in [0, 0.1) is 0 Å². The molecule has 1 aliphatic carbocycles. The van der Waals surface area contributed by atoms with Gasteiger partial charge in [-0.05, 0) is 116 Å². The second-order valence-electron chi connectivity index (χ2n) is 17.9. The van der Waals surface area contributed by atoms with Crippen LogP contribution in [0.15, 0.2) is 253 Å². The number of fused-ring (bicyclic) bond motifs is 14. The number of hydrogen-bond donors (Lipinski definition) is 0. The second kappa shape index (κ2) is 15.1. The number of para-hydroxylation sites is 1. The van der Waals surface area contributed by atoms with Crippen LogP contribution in [0.2, 0.25) is 0 Å². The Morgan fingerprint density at radius 1 is 0.338 bits per heavy atom. The molecular formula is C65H41NO2. The lowest BCUT2D eigenvalue weighted by Crippen LogP contribution is -2.32. The van der Waals surface area contributed by atoms with Gasteiger partial charge in [-0.15, -0.1) is 0 Å². The van der Waals surface area contributed by atoms with E-state index in [1.807, 2.05) is 0 Å². The van der Waals surface area contributed by atoms with Crippen molar-refractivity contribution in [1.82, 2.24) is 0 Å².